The number of hydrogen-bond donors (Lipinski definition) is 1. The van der Waals surface area contributed by atoms with Crippen molar-refractivity contribution in [2.45, 2.75) is 6.92 Å². The molecule has 0 atom stereocenters. The SMILES string of the molecule is COc1ccc(C(=O)Nc2cc(N3CCOCC3)ccc2C)cc1. The molecule has 24 heavy (non-hydrogen) atoms. The number of ether oxygens (including phenoxy) is 2. The summed E-state index contributed by atoms with van der Waals surface area (Å²) in [6.07, 6.45) is 0. The van der Waals surface area contributed by atoms with Gasteiger partial charge in [-0.2, -0.15) is 0 Å². The molecule has 0 aromatic heterocycles. The summed E-state index contributed by atoms with van der Waals surface area (Å²) >= 11 is 0. The van der Waals surface area contributed by atoms with Crippen LogP contribution in [0.1, 0.15) is 15.9 Å². The minimum atomic E-state index is -0.125. The largest absolute Gasteiger partial charge is 0.497 e. The minimum Gasteiger partial charge on any atom is -0.497 e. The Morgan fingerprint density at radius 2 is 1.83 bits per heavy atom. The summed E-state index contributed by atoms with van der Waals surface area (Å²) < 4.78 is 10.5. The first-order valence-corrected chi connectivity index (χ1v) is 8.06. The highest BCUT2D eigenvalue weighted by Gasteiger charge is 2.14. The van der Waals surface area contributed by atoms with E-state index in [4.69, 9.17) is 9.47 Å². The topological polar surface area (TPSA) is 50.8 Å². The van der Waals surface area contributed by atoms with E-state index in [-0.39, 0.29) is 5.91 Å². The average molecular weight is 326 g/mol. The third kappa shape index (κ3) is 3.68. The van der Waals surface area contributed by atoms with Crippen LogP contribution in [0.4, 0.5) is 11.4 Å². The molecule has 5 nitrogen and oxygen atoms in total. The summed E-state index contributed by atoms with van der Waals surface area (Å²) in [4.78, 5) is 14.7. The number of carbonyl (C=O) groups excluding carboxylic acids is 1. The van der Waals surface area contributed by atoms with Crippen LogP contribution in [0.3, 0.4) is 0 Å². The number of carbonyl (C=O) groups is 1. The van der Waals surface area contributed by atoms with Gasteiger partial charge in [0.2, 0.25) is 0 Å². The zero-order chi connectivity index (χ0) is 16.9. The van der Waals surface area contributed by atoms with E-state index in [1.165, 1.54) is 0 Å². The van der Waals surface area contributed by atoms with Crippen LogP contribution in [-0.4, -0.2) is 39.3 Å². The van der Waals surface area contributed by atoms with Crippen LogP contribution in [0.15, 0.2) is 42.5 Å². The van der Waals surface area contributed by atoms with Crippen molar-refractivity contribution in [3.05, 3.63) is 53.6 Å². The first-order chi connectivity index (χ1) is 11.7. The molecule has 2 aromatic carbocycles. The number of aryl methyl sites for hydroxylation is 1. The van der Waals surface area contributed by atoms with E-state index in [9.17, 15) is 4.79 Å². The Labute approximate surface area is 142 Å². The van der Waals surface area contributed by atoms with E-state index >= 15 is 0 Å². The zero-order valence-electron chi connectivity index (χ0n) is 14.0. The number of nitrogens with one attached hydrogen (secondary N) is 1. The highest BCUT2D eigenvalue weighted by Crippen LogP contribution is 2.25. The van der Waals surface area contributed by atoms with Gasteiger partial charge in [0, 0.05) is 30.0 Å². The number of morpholine rings is 1. The quantitative estimate of drug-likeness (QED) is 0.938. The first-order valence-electron chi connectivity index (χ1n) is 8.06. The maximum Gasteiger partial charge on any atom is 0.255 e. The Bertz CT molecular complexity index is 707. The number of methoxy groups -OCH3 is 1. The lowest BCUT2D eigenvalue weighted by atomic mass is 10.1. The summed E-state index contributed by atoms with van der Waals surface area (Å²) in [6.45, 7) is 5.21. The second kappa shape index (κ2) is 7.36. The van der Waals surface area contributed by atoms with Crippen molar-refractivity contribution < 1.29 is 14.3 Å². The maximum atomic E-state index is 12.5. The fourth-order valence-corrected chi connectivity index (χ4v) is 2.70. The molecule has 3 rings (SSSR count). The van der Waals surface area contributed by atoms with Crippen molar-refractivity contribution in [3.8, 4) is 5.75 Å². The van der Waals surface area contributed by atoms with Gasteiger partial charge in [-0.15, -0.1) is 0 Å². The van der Waals surface area contributed by atoms with Gasteiger partial charge in [-0.05, 0) is 48.9 Å². The van der Waals surface area contributed by atoms with Gasteiger partial charge < -0.3 is 19.7 Å². The van der Waals surface area contributed by atoms with Gasteiger partial charge in [0.1, 0.15) is 5.75 Å². The van der Waals surface area contributed by atoms with E-state index in [1.54, 1.807) is 31.4 Å². The Morgan fingerprint density at radius 1 is 1.12 bits per heavy atom. The number of anilines is 2. The highest BCUT2D eigenvalue weighted by atomic mass is 16.5. The van der Waals surface area contributed by atoms with Gasteiger partial charge in [0.25, 0.3) is 5.91 Å². The summed E-state index contributed by atoms with van der Waals surface area (Å²) in [5.41, 5.74) is 3.58. The van der Waals surface area contributed by atoms with E-state index in [0.717, 1.165) is 49.0 Å². The van der Waals surface area contributed by atoms with Crippen LogP contribution < -0.4 is 15.0 Å². The van der Waals surface area contributed by atoms with Crippen molar-refractivity contribution in [3.63, 3.8) is 0 Å². The molecule has 1 fully saturated rings. The smallest absolute Gasteiger partial charge is 0.255 e. The van der Waals surface area contributed by atoms with Crippen LogP contribution in [0.2, 0.25) is 0 Å². The molecular formula is C19H22N2O3. The van der Waals surface area contributed by atoms with Gasteiger partial charge >= 0.3 is 0 Å². The van der Waals surface area contributed by atoms with Crippen LogP contribution in [-0.2, 0) is 4.74 Å². The highest BCUT2D eigenvalue weighted by molar-refractivity contribution is 6.05. The third-order valence-electron chi connectivity index (χ3n) is 4.20. The Balaban J connectivity index is 1.76. The molecule has 126 valence electrons. The number of benzene rings is 2. The van der Waals surface area contributed by atoms with Gasteiger partial charge in [0.05, 0.1) is 20.3 Å². The number of rotatable bonds is 4. The lowest BCUT2D eigenvalue weighted by Gasteiger charge is -2.29. The Kier molecular flexibility index (Phi) is 5.01. The van der Waals surface area contributed by atoms with Crippen molar-refractivity contribution in [1.82, 2.24) is 0 Å². The van der Waals surface area contributed by atoms with Crippen molar-refractivity contribution in [2.24, 2.45) is 0 Å². The van der Waals surface area contributed by atoms with Gasteiger partial charge in [-0.3, -0.25) is 4.79 Å². The second-order valence-corrected chi connectivity index (χ2v) is 5.78. The first kappa shape index (κ1) is 16.3. The fraction of sp³-hybridized carbons (Fsp3) is 0.316. The van der Waals surface area contributed by atoms with Crippen LogP contribution in [0.25, 0.3) is 0 Å². The van der Waals surface area contributed by atoms with Gasteiger partial charge in [-0.25, -0.2) is 0 Å². The van der Waals surface area contributed by atoms with Crippen molar-refractivity contribution in [1.29, 1.82) is 0 Å². The molecule has 1 aliphatic heterocycles. The molecule has 0 bridgehead atoms. The van der Waals surface area contributed by atoms with Crippen LogP contribution in [0, 0.1) is 6.92 Å². The molecule has 1 saturated heterocycles. The molecule has 5 heteroatoms. The molecule has 0 aliphatic carbocycles. The van der Waals surface area contributed by atoms with Crippen LogP contribution >= 0.6 is 0 Å². The Morgan fingerprint density at radius 3 is 2.50 bits per heavy atom. The predicted molar refractivity (Wildman–Crippen MR) is 95.2 cm³/mol. The Hall–Kier alpha value is -2.53. The molecule has 0 unspecified atom stereocenters. The maximum absolute atomic E-state index is 12.5. The molecule has 0 radical (unpaired) electrons. The minimum absolute atomic E-state index is 0.125. The number of hydrogen-bond acceptors (Lipinski definition) is 4. The summed E-state index contributed by atoms with van der Waals surface area (Å²) in [5, 5.41) is 3.01. The lowest BCUT2D eigenvalue weighted by molar-refractivity contribution is 0.102. The van der Waals surface area contributed by atoms with Gasteiger partial charge in [0.15, 0.2) is 0 Å². The molecule has 0 saturated carbocycles. The average Bonchev–Trinajstić information content (AvgIpc) is 2.64. The molecule has 2 aromatic rings. The van der Waals surface area contributed by atoms with Crippen molar-refractivity contribution in [2.75, 3.05) is 43.6 Å². The monoisotopic (exact) mass is 326 g/mol. The third-order valence-corrected chi connectivity index (χ3v) is 4.20. The van der Waals surface area contributed by atoms with Crippen molar-refractivity contribution >= 4 is 17.3 Å². The molecule has 1 heterocycles. The van der Waals surface area contributed by atoms with E-state index in [0.29, 0.717) is 5.56 Å². The van der Waals surface area contributed by atoms with E-state index < -0.39 is 0 Å². The fourth-order valence-electron chi connectivity index (χ4n) is 2.70. The lowest BCUT2D eigenvalue weighted by Crippen LogP contribution is -2.36. The molecule has 1 amide bonds. The van der Waals surface area contributed by atoms with Crippen LogP contribution in [0.5, 0.6) is 5.75 Å². The molecule has 1 aliphatic rings. The standard InChI is InChI=1S/C19H22N2O3/c1-14-3-6-16(21-9-11-24-12-10-21)13-18(14)20-19(22)15-4-7-17(23-2)8-5-15/h3-8,13H,9-12H2,1-2H3,(H,20,22). The second-order valence-electron chi connectivity index (χ2n) is 5.78. The summed E-state index contributed by atoms with van der Waals surface area (Å²) in [7, 11) is 1.61. The normalized spacial score (nSPS) is 14.3. The molecular weight excluding hydrogens is 304 g/mol. The number of amides is 1. The molecule has 1 N–H and O–H groups in total. The van der Waals surface area contributed by atoms with E-state index in [2.05, 4.69) is 16.3 Å². The van der Waals surface area contributed by atoms with Gasteiger partial charge in [-0.1, -0.05) is 6.07 Å². The molecule has 0 spiro atoms. The number of nitrogens with zero attached hydrogens (tertiary/aromatic N) is 1. The summed E-state index contributed by atoms with van der Waals surface area (Å²) in [5.74, 6) is 0.608. The van der Waals surface area contributed by atoms with E-state index in [1.807, 2.05) is 19.1 Å². The zero-order valence-corrected chi connectivity index (χ0v) is 14.0. The summed E-state index contributed by atoms with van der Waals surface area (Å²) in [6, 6.07) is 13.2. The predicted octanol–water partition coefficient (Wildman–Crippen LogP) is 3.09.